The first-order valence-electron chi connectivity index (χ1n) is 9.29. The lowest BCUT2D eigenvalue weighted by molar-refractivity contribution is 0.0818. The van der Waals surface area contributed by atoms with E-state index in [1.165, 1.54) is 6.20 Å². The van der Waals surface area contributed by atoms with E-state index >= 15 is 0 Å². The number of halogens is 2. The number of fused-ring (bicyclic) bond motifs is 1. The molecule has 1 aromatic carbocycles. The molecule has 3 aromatic rings. The van der Waals surface area contributed by atoms with Crippen molar-refractivity contribution >= 4 is 47.9 Å². The maximum absolute atomic E-state index is 6.37. The highest BCUT2D eigenvalue weighted by Crippen LogP contribution is 2.36. The Balaban J connectivity index is 2.03. The molecule has 9 heteroatoms. The molecular formula is C19H25Cl2N5OSi. The van der Waals surface area contributed by atoms with E-state index in [9.17, 15) is 0 Å². The van der Waals surface area contributed by atoms with Crippen molar-refractivity contribution in [3.8, 4) is 11.4 Å². The molecule has 0 spiro atoms. The summed E-state index contributed by atoms with van der Waals surface area (Å²) in [7, 11) is -1.14. The molecule has 2 heterocycles. The Hall–Kier alpha value is -1.67. The smallest absolute Gasteiger partial charge is 0.223 e. The third-order valence-corrected chi connectivity index (χ3v) is 6.46. The van der Waals surface area contributed by atoms with E-state index in [0.29, 0.717) is 23.1 Å². The predicted octanol–water partition coefficient (Wildman–Crippen LogP) is 5.54. The predicted molar refractivity (Wildman–Crippen MR) is 119 cm³/mol. The van der Waals surface area contributed by atoms with Gasteiger partial charge in [0.2, 0.25) is 5.28 Å². The topological polar surface area (TPSA) is 64.9 Å². The zero-order valence-electron chi connectivity index (χ0n) is 16.6. The van der Waals surface area contributed by atoms with Crippen molar-refractivity contribution in [3.63, 3.8) is 0 Å². The lowest BCUT2D eigenvalue weighted by Crippen LogP contribution is -2.22. The lowest BCUT2D eigenvalue weighted by atomic mass is 10.1. The van der Waals surface area contributed by atoms with Crippen LogP contribution in [0.15, 0.2) is 24.4 Å². The Bertz CT molecular complexity index is 971. The molecule has 0 aliphatic rings. The molecule has 6 nitrogen and oxygen atoms in total. The van der Waals surface area contributed by atoms with Crippen LogP contribution < -0.4 is 5.32 Å². The Morgan fingerprint density at radius 3 is 2.68 bits per heavy atom. The van der Waals surface area contributed by atoms with Crippen molar-refractivity contribution in [3.05, 3.63) is 34.7 Å². The van der Waals surface area contributed by atoms with Crippen LogP contribution in [0.5, 0.6) is 0 Å². The minimum Gasteiger partial charge on any atom is -0.385 e. The average molecular weight is 438 g/mol. The molecule has 3 rings (SSSR count). The Kier molecular flexibility index (Phi) is 6.60. The molecule has 0 aliphatic heterocycles. The summed E-state index contributed by atoms with van der Waals surface area (Å²) in [5.41, 5.74) is 3.09. The summed E-state index contributed by atoms with van der Waals surface area (Å²) in [6.45, 7) is 10.9. The van der Waals surface area contributed by atoms with Crippen LogP contribution in [0.3, 0.4) is 0 Å². The van der Waals surface area contributed by atoms with Crippen LogP contribution in [0.1, 0.15) is 6.92 Å². The molecule has 150 valence electrons. The highest BCUT2D eigenvalue weighted by molar-refractivity contribution is 6.76. The van der Waals surface area contributed by atoms with Gasteiger partial charge >= 0.3 is 0 Å². The van der Waals surface area contributed by atoms with Gasteiger partial charge in [-0.15, -0.1) is 0 Å². The van der Waals surface area contributed by atoms with Crippen LogP contribution in [0, 0.1) is 0 Å². The van der Waals surface area contributed by atoms with Crippen LogP contribution >= 0.6 is 23.2 Å². The summed E-state index contributed by atoms with van der Waals surface area (Å²) in [5, 5.41) is 9.63. The number of benzene rings is 1. The maximum atomic E-state index is 6.37. The normalized spacial score (nSPS) is 11.9. The Morgan fingerprint density at radius 2 is 1.96 bits per heavy atom. The number of rotatable bonds is 8. The zero-order valence-corrected chi connectivity index (χ0v) is 19.1. The van der Waals surface area contributed by atoms with Crippen LogP contribution in [0.2, 0.25) is 36.0 Å². The number of nitrogens with one attached hydrogen (secondary N) is 1. The van der Waals surface area contributed by atoms with E-state index in [1.54, 1.807) is 0 Å². The molecule has 0 fully saturated rings. The maximum Gasteiger partial charge on any atom is 0.223 e. The van der Waals surface area contributed by atoms with Crippen molar-refractivity contribution in [2.24, 2.45) is 0 Å². The third-order valence-electron chi connectivity index (χ3n) is 4.29. The second-order valence-corrected chi connectivity index (χ2v) is 14.1. The number of ether oxygens (including phenoxy) is 1. The lowest BCUT2D eigenvalue weighted by Gasteiger charge is -2.15. The molecule has 28 heavy (non-hydrogen) atoms. The van der Waals surface area contributed by atoms with Gasteiger partial charge in [-0.1, -0.05) is 37.3 Å². The van der Waals surface area contributed by atoms with Crippen molar-refractivity contribution in [2.45, 2.75) is 39.3 Å². The van der Waals surface area contributed by atoms with Gasteiger partial charge in [0.15, 0.2) is 0 Å². The quantitative estimate of drug-likeness (QED) is 0.284. The summed E-state index contributed by atoms with van der Waals surface area (Å²) in [6, 6.07) is 7.14. The van der Waals surface area contributed by atoms with E-state index in [1.807, 2.05) is 22.9 Å². The Labute approximate surface area is 176 Å². The van der Waals surface area contributed by atoms with Crippen LogP contribution in [-0.2, 0) is 11.5 Å². The molecule has 1 N–H and O–H groups in total. The first kappa shape index (κ1) is 21.0. The minimum absolute atomic E-state index is 0.134. The van der Waals surface area contributed by atoms with Crippen molar-refractivity contribution < 1.29 is 4.74 Å². The minimum atomic E-state index is -1.14. The molecule has 0 amide bonds. The number of nitrogens with zero attached hydrogens (tertiary/aromatic N) is 4. The number of aromatic nitrogens is 4. The highest BCUT2D eigenvalue weighted by atomic mass is 35.5. The molecule has 0 atom stereocenters. The molecule has 0 aliphatic carbocycles. The fourth-order valence-electron chi connectivity index (χ4n) is 2.87. The number of anilines is 1. The van der Waals surface area contributed by atoms with Crippen molar-refractivity contribution in [2.75, 3.05) is 18.5 Å². The molecule has 0 bridgehead atoms. The highest BCUT2D eigenvalue weighted by Gasteiger charge is 2.20. The summed E-state index contributed by atoms with van der Waals surface area (Å²) in [5.74, 6) is 0. The van der Waals surface area contributed by atoms with Gasteiger partial charge in [-0.05, 0) is 36.7 Å². The van der Waals surface area contributed by atoms with Crippen LogP contribution in [0.25, 0.3) is 22.3 Å². The molecular weight excluding hydrogens is 413 g/mol. The second kappa shape index (κ2) is 8.78. The fourth-order valence-corrected chi connectivity index (χ4v) is 3.94. The summed E-state index contributed by atoms with van der Waals surface area (Å²) >= 11 is 12.4. The van der Waals surface area contributed by atoms with E-state index in [4.69, 9.17) is 33.0 Å². The van der Waals surface area contributed by atoms with Gasteiger partial charge in [0.25, 0.3) is 0 Å². The van der Waals surface area contributed by atoms with Crippen LogP contribution in [-0.4, -0.2) is 41.0 Å². The van der Waals surface area contributed by atoms with Crippen LogP contribution in [0.4, 0.5) is 5.69 Å². The van der Waals surface area contributed by atoms with E-state index in [0.717, 1.165) is 35.8 Å². The standard InChI is InChI=1S/C19H25Cl2N5OSi/c1-5-22-14-7-6-8-15-16(14)18(17-13(20)11-23-19(21)24-17)25-26(15)12-27-9-10-28(2,3)4/h6-8,11,22H,5,9-10,12H2,1-4H3. The summed E-state index contributed by atoms with van der Waals surface area (Å²) in [6.07, 6.45) is 1.50. The summed E-state index contributed by atoms with van der Waals surface area (Å²) in [4.78, 5) is 8.27. The van der Waals surface area contributed by atoms with Gasteiger partial charge in [0.05, 0.1) is 22.1 Å². The second-order valence-electron chi connectivity index (χ2n) is 7.76. The van der Waals surface area contributed by atoms with Gasteiger partial charge in [0, 0.05) is 26.9 Å². The van der Waals surface area contributed by atoms with E-state index in [-0.39, 0.29) is 5.28 Å². The average Bonchev–Trinajstić information content (AvgIpc) is 3.00. The molecule has 0 unspecified atom stereocenters. The fraction of sp³-hybridized carbons (Fsp3) is 0.421. The molecule has 0 saturated heterocycles. The van der Waals surface area contributed by atoms with Crippen molar-refractivity contribution in [1.82, 2.24) is 19.7 Å². The van der Waals surface area contributed by atoms with Gasteiger partial charge in [0.1, 0.15) is 18.1 Å². The van der Waals surface area contributed by atoms with Gasteiger partial charge < -0.3 is 10.1 Å². The molecule has 0 saturated carbocycles. The third kappa shape index (κ3) is 4.83. The van der Waals surface area contributed by atoms with E-state index in [2.05, 4.69) is 41.8 Å². The monoisotopic (exact) mass is 437 g/mol. The number of hydrogen-bond acceptors (Lipinski definition) is 5. The number of hydrogen-bond donors (Lipinski definition) is 1. The van der Waals surface area contributed by atoms with Crippen molar-refractivity contribution in [1.29, 1.82) is 0 Å². The van der Waals surface area contributed by atoms with Gasteiger partial charge in [-0.3, -0.25) is 0 Å². The molecule has 0 radical (unpaired) electrons. The summed E-state index contributed by atoms with van der Waals surface area (Å²) < 4.78 is 7.78. The van der Waals surface area contributed by atoms with E-state index < -0.39 is 8.07 Å². The zero-order chi connectivity index (χ0) is 20.3. The SMILES string of the molecule is CCNc1cccc2c1c(-c1nc(Cl)ncc1Cl)nn2COCC[Si](C)(C)C. The first-order chi connectivity index (χ1) is 13.3. The van der Waals surface area contributed by atoms with Gasteiger partial charge in [-0.25, -0.2) is 14.6 Å². The first-order valence-corrected chi connectivity index (χ1v) is 13.8. The Morgan fingerprint density at radius 1 is 1.18 bits per heavy atom. The molecule has 2 aromatic heterocycles. The van der Waals surface area contributed by atoms with Gasteiger partial charge in [-0.2, -0.15) is 5.10 Å². The largest absolute Gasteiger partial charge is 0.385 e.